The number of benzene rings is 1. The largest absolute Gasteiger partial charge is 0.385 e. The number of anilines is 2. The van der Waals surface area contributed by atoms with Gasteiger partial charge in [0.15, 0.2) is 0 Å². The Balaban J connectivity index is 1.95. The Morgan fingerprint density at radius 1 is 1.24 bits per heavy atom. The summed E-state index contributed by atoms with van der Waals surface area (Å²) in [6, 6.07) is 11.1. The first-order chi connectivity index (χ1) is 10.3. The second-order valence-corrected chi connectivity index (χ2v) is 4.36. The average Bonchev–Trinajstić information content (AvgIpc) is 2.53. The lowest BCUT2D eigenvalue weighted by atomic mass is 10.3. The molecule has 0 bridgehead atoms. The number of rotatable bonds is 7. The lowest BCUT2D eigenvalue weighted by molar-refractivity contribution is 0.0943. The number of methoxy groups -OCH3 is 1. The van der Waals surface area contributed by atoms with Gasteiger partial charge in [-0.2, -0.15) is 0 Å². The normalized spacial score (nSPS) is 10.1. The second-order valence-electron chi connectivity index (χ2n) is 4.36. The minimum absolute atomic E-state index is 0.218. The molecule has 110 valence electrons. The Kier molecular flexibility index (Phi) is 5.66. The highest BCUT2D eigenvalue weighted by Gasteiger charge is 2.08. The first-order valence-electron chi connectivity index (χ1n) is 6.72. The minimum atomic E-state index is -0.218. The van der Waals surface area contributed by atoms with Gasteiger partial charge in [0.1, 0.15) is 5.69 Å². The molecule has 6 nitrogen and oxygen atoms in total. The molecule has 0 aliphatic heterocycles. The van der Waals surface area contributed by atoms with Crippen LogP contribution < -0.4 is 10.6 Å². The Morgan fingerprint density at radius 3 is 2.81 bits per heavy atom. The molecule has 0 unspecified atom stereocenters. The van der Waals surface area contributed by atoms with Crippen molar-refractivity contribution < 1.29 is 9.53 Å². The molecule has 2 rings (SSSR count). The SMILES string of the molecule is COCCCNC(=O)c1ccnc(Nc2ccccc2)n1. The molecule has 0 saturated carbocycles. The third kappa shape index (κ3) is 4.85. The van der Waals surface area contributed by atoms with E-state index < -0.39 is 0 Å². The van der Waals surface area contributed by atoms with Gasteiger partial charge in [-0.3, -0.25) is 4.79 Å². The summed E-state index contributed by atoms with van der Waals surface area (Å²) in [6.45, 7) is 1.17. The number of nitrogens with zero attached hydrogens (tertiary/aromatic N) is 2. The summed E-state index contributed by atoms with van der Waals surface area (Å²) in [6.07, 6.45) is 2.32. The van der Waals surface area contributed by atoms with E-state index in [0.717, 1.165) is 12.1 Å². The van der Waals surface area contributed by atoms with Crippen LogP contribution in [0.5, 0.6) is 0 Å². The van der Waals surface area contributed by atoms with Gasteiger partial charge in [0.05, 0.1) is 0 Å². The molecule has 0 atom stereocenters. The molecule has 6 heteroatoms. The van der Waals surface area contributed by atoms with Crippen LogP contribution in [-0.4, -0.2) is 36.1 Å². The summed E-state index contributed by atoms with van der Waals surface area (Å²) in [7, 11) is 1.63. The number of carbonyl (C=O) groups excluding carboxylic acids is 1. The molecule has 0 aliphatic carbocycles. The van der Waals surface area contributed by atoms with E-state index in [1.807, 2.05) is 30.3 Å². The summed E-state index contributed by atoms with van der Waals surface area (Å²) >= 11 is 0. The Bertz CT molecular complexity index is 575. The molecule has 0 fully saturated rings. The van der Waals surface area contributed by atoms with Gasteiger partial charge < -0.3 is 15.4 Å². The van der Waals surface area contributed by atoms with Crippen molar-refractivity contribution in [1.29, 1.82) is 0 Å². The van der Waals surface area contributed by atoms with Gasteiger partial charge in [-0.25, -0.2) is 9.97 Å². The van der Waals surface area contributed by atoms with Crippen molar-refractivity contribution in [3.63, 3.8) is 0 Å². The van der Waals surface area contributed by atoms with E-state index in [9.17, 15) is 4.79 Å². The highest BCUT2D eigenvalue weighted by molar-refractivity contribution is 5.92. The number of para-hydroxylation sites is 1. The molecule has 0 saturated heterocycles. The van der Waals surface area contributed by atoms with Crippen molar-refractivity contribution in [2.24, 2.45) is 0 Å². The number of nitrogens with one attached hydrogen (secondary N) is 2. The van der Waals surface area contributed by atoms with E-state index in [4.69, 9.17) is 4.74 Å². The molecule has 1 aromatic heterocycles. The van der Waals surface area contributed by atoms with Crippen LogP contribution in [0.4, 0.5) is 11.6 Å². The summed E-state index contributed by atoms with van der Waals surface area (Å²) in [4.78, 5) is 20.2. The van der Waals surface area contributed by atoms with Gasteiger partial charge in [0, 0.05) is 32.1 Å². The number of aromatic nitrogens is 2. The lowest BCUT2D eigenvalue weighted by Gasteiger charge is -2.07. The van der Waals surface area contributed by atoms with E-state index in [1.54, 1.807) is 19.4 Å². The Labute approximate surface area is 123 Å². The second kappa shape index (κ2) is 7.96. The van der Waals surface area contributed by atoms with Crippen LogP contribution in [0.1, 0.15) is 16.9 Å². The standard InChI is InChI=1S/C15H18N4O2/c1-21-11-5-9-16-14(20)13-8-10-17-15(19-13)18-12-6-3-2-4-7-12/h2-4,6-8,10H,5,9,11H2,1H3,(H,16,20)(H,17,18,19). The van der Waals surface area contributed by atoms with Crippen LogP contribution >= 0.6 is 0 Å². The van der Waals surface area contributed by atoms with Crippen LogP contribution in [-0.2, 0) is 4.74 Å². The number of ether oxygens (including phenoxy) is 1. The fourth-order valence-corrected chi connectivity index (χ4v) is 1.70. The maximum absolute atomic E-state index is 11.9. The van der Waals surface area contributed by atoms with Gasteiger partial charge in [0.2, 0.25) is 5.95 Å². The van der Waals surface area contributed by atoms with Gasteiger partial charge in [-0.15, -0.1) is 0 Å². The molecule has 0 aliphatic rings. The van der Waals surface area contributed by atoms with Crippen LogP contribution in [0.25, 0.3) is 0 Å². The number of amides is 1. The fraction of sp³-hybridized carbons (Fsp3) is 0.267. The number of hydrogen-bond donors (Lipinski definition) is 2. The zero-order valence-corrected chi connectivity index (χ0v) is 11.9. The van der Waals surface area contributed by atoms with Crippen LogP contribution in [0.15, 0.2) is 42.6 Å². The maximum Gasteiger partial charge on any atom is 0.270 e. The van der Waals surface area contributed by atoms with Crippen molar-refractivity contribution in [3.8, 4) is 0 Å². The highest BCUT2D eigenvalue weighted by Crippen LogP contribution is 2.11. The van der Waals surface area contributed by atoms with E-state index in [-0.39, 0.29) is 5.91 Å². The van der Waals surface area contributed by atoms with Gasteiger partial charge in [0.25, 0.3) is 5.91 Å². The molecule has 21 heavy (non-hydrogen) atoms. The van der Waals surface area contributed by atoms with Crippen LogP contribution in [0.2, 0.25) is 0 Å². The lowest BCUT2D eigenvalue weighted by Crippen LogP contribution is -2.26. The number of carbonyl (C=O) groups is 1. The molecule has 0 radical (unpaired) electrons. The van der Waals surface area contributed by atoms with E-state index >= 15 is 0 Å². The monoisotopic (exact) mass is 286 g/mol. The zero-order valence-electron chi connectivity index (χ0n) is 11.9. The van der Waals surface area contributed by atoms with E-state index in [0.29, 0.717) is 24.8 Å². The highest BCUT2D eigenvalue weighted by atomic mass is 16.5. The van der Waals surface area contributed by atoms with Gasteiger partial charge in [-0.1, -0.05) is 18.2 Å². The van der Waals surface area contributed by atoms with Crippen molar-refractivity contribution in [3.05, 3.63) is 48.3 Å². The summed E-state index contributed by atoms with van der Waals surface area (Å²) in [5.74, 6) is 0.176. The summed E-state index contributed by atoms with van der Waals surface area (Å²) < 4.78 is 4.93. The third-order valence-corrected chi connectivity index (χ3v) is 2.73. The van der Waals surface area contributed by atoms with E-state index in [2.05, 4.69) is 20.6 Å². The molecule has 1 aromatic carbocycles. The molecule has 2 N–H and O–H groups in total. The van der Waals surface area contributed by atoms with Crippen LogP contribution in [0, 0.1) is 0 Å². The first-order valence-corrected chi connectivity index (χ1v) is 6.72. The van der Waals surface area contributed by atoms with Crippen molar-refractivity contribution >= 4 is 17.5 Å². The van der Waals surface area contributed by atoms with Crippen molar-refractivity contribution in [1.82, 2.24) is 15.3 Å². The van der Waals surface area contributed by atoms with Gasteiger partial charge >= 0.3 is 0 Å². The quantitative estimate of drug-likeness (QED) is 0.761. The van der Waals surface area contributed by atoms with E-state index in [1.165, 1.54) is 0 Å². The summed E-state index contributed by atoms with van der Waals surface area (Å²) in [5, 5.41) is 5.84. The Hall–Kier alpha value is -2.47. The molecule has 2 aromatic rings. The zero-order chi connectivity index (χ0) is 14.9. The predicted octanol–water partition coefficient (Wildman–Crippen LogP) is 1.99. The smallest absolute Gasteiger partial charge is 0.270 e. The predicted molar refractivity (Wildman–Crippen MR) is 80.6 cm³/mol. The molecular formula is C15H18N4O2. The molecular weight excluding hydrogens is 268 g/mol. The minimum Gasteiger partial charge on any atom is -0.385 e. The van der Waals surface area contributed by atoms with Crippen LogP contribution in [0.3, 0.4) is 0 Å². The first kappa shape index (κ1) is 14.9. The number of hydrogen-bond acceptors (Lipinski definition) is 5. The third-order valence-electron chi connectivity index (χ3n) is 2.73. The summed E-state index contributed by atoms with van der Waals surface area (Å²) in [5.41, 5.74) is 1.20. The van der Waals surface area contributed by atoms with Crippen molar-refractivity contribution in [2.75, 3.05) is 25.6 Å². The van der Waals surface area contributed by atoms with Crippen molar-refractivity contribution in [2.45, 2.75) is 6.42 Å². The molecule has 0 spiro atoms. The Morgan fingerprint density at radius 2 is 2.05 bits per heavy atom. The average molecular weight is 286 g/mol. The molecule has 1 amide bonds. The topological polar surface area (TPSA) is 76.1 Å². The van der Waals surface area contributed by atoms with Gasteiger partial charge in [-0.05, 0) is 24.6 Å². The maximum atomic E-state index is 11.9. The molecule has 1 heterocycles. The fourth-order valence-electron chi connectivity index (χ4n) is 1.70.